The summed E-state index contributed by atoms with van der Waals surface area (Å²) in [6, 6.07) is 3.06. The Labute approximate surface area is 138 Å². The highest BCUT2D eigenvalue weighted by molar-refractivity contribution is 7.89. The molecule has 1 aliphatic rings. The van der Waals surface area contributed by atoms with Gasteiger partial charge in [-0.3, -0.25) is 0 Å². The predicted molar refractivity (Wildman–Crippen MR) is 89.4 cm³/mol. The SMILES string of the molecule is COc1cc(C)c(S(=O)(=O)N2CCCC(C)C2CN)cc1OC. The van der Waals surface area contributed by atoms with Crippen molar-refractivity contribution >= 4 is 10.0 Å². The van der Waals surface area contributed by atoms with Crippen molar-refractivity contribution in [3.63, 3.8) is 0 Å². The zero-order valence-electron chi connectivity index (χ0n) is 14.2. The summed E-state index contributed by atoms with van der Waals surface area (Å²) in [5, 5.41) is 0. The van der Waals surface area contributed by atoms with Gasteiger partial charge in [0, 0.05) is 25.2 Å². The monoisotopic (exact) mass is 342 g/mol. The van der Waals surface area contributed by atoms with Gasteiger partial charge < -0.3 is 15.2 Å². The summed E-state index contributed by atoms with van der Waals surface area (Å²) in [6.07, 6.45) is 1.85. The van der Waals surface area contributed by atoms with E-state index < -0.39 is 10.0 Å². The van der Waals surface area contributed by atoms with Gasteiger partial charge in [0.25, 0.3) is 0 Å². The van der Waals surface area contributed by atoms with Crippen molar-refractivity contribution in [2.24, 2.45) is 11.7 Å². The number of hydrogen-bond donors (Lipinski definition) is 1. The topological polar surface area (TPSA) is 81.9 Å². The maximum absolute atomic E-state index is 13.2. The van der Waals surface area contributed by atoms with E-state index in [2.05, 4.69) is 6.92 Å². The molecule has 1 saturated heterocycles. The summed E-state index contributed by atoms with van der Waals surface area (Å²) in [7, 11) is -0.601. The third-order valence-corrected chi connectivity index (χ3v) is 6.64. The number of methoxy groups -OCH3 is 2. The normalized spacial score (nSPS) is 22.8. The first-order chi connectivity index (χ1) is 10.9. The number of nitrogens with zero attached hydrogens (tertiary/aromatic N) is 1. The Hall–Kier alpha value is -1.31. The lowest BCUT2D eigenvalue weighted by Crippen LogP contribution is -2.51. The van der Waals surface area contributed by atoms with Crippen LogP contribution in [0.2, 0.25) is 0 Å². The Kier molecular flexibility index (Phi) is 5.54. The Morgan fingerprint density at radius 2 is 1.87 bits per heavy atom. The van der Waals surface area contributed by atoms with E-state index in [9.17, 15) is 8.42 Å². The molecule has 0 amide bonds. The Morgan fingerprint density at radius 3 is 2.43 bits per heavy atom. The van der Waals surface area contributed by atoms with Gasteiger partial charge in [-0.1, -0.05) is 6.92 Å². The molecule has 1 aromatic rings. The third-order valence-electron chi connectivity index (χ3n) is 4.57. The van der Waals surface area contributed by atoms with Crippen LogP contribution in [-0.2, 0) is 10.0 Å². The molecule has 1 fully saturated rings. The van der Waals surface area contributed by atoms with Gasteiger partial charge in [0.2, 0.25) is 10.0 Å². The van der Waals surface area contributed by atoms with Crippen molar-refractivity contribution in [1.82, 2.24) is 4.31 Å². The fourth-order valence-corrected chi connectivity index (χ4v) is 5.22. The second-order valence-electron chi connectivity index (χ2n) is 6.01. The lowest BCUT2D eigenvalue weighted by molar-refractivity contribution is 0.192. The Balaban J connectivity index is 2.50. The molecule has 0 spiro atoms. The summed E-state index contributed by atoms with van der Waals surface area (Å²) >= 11 is 0. The highest BCUT2D eigenvalue weighted by Gasteiger charge is 2.37. The first-order valence-corrected chi connectivity index (χ1v) is 9.25. The second-order valence-corrected chi connectivity index (χ2v) is 7.87. The highest BCUT2D eigenvalue weighted by Crippen LogP contribution is 2.36. The van der Waals surface area contributed by atoms with Crippen LogP contribution in [0.5, 0.6) is 11.5 Å². The number of rotatable bonds is 5. The van der Waals surface area contributed by atoms with Gasteiger partial charge >= 0.3 is 0 Å². The molecular weight excluding hydrogens is 316 g/mol. The van der Waals surface area contributed by atoms with Crippen molar-refractivity contribution < 1.29 is 17.9 Å². The van der Waals surface area contributed by atoms with Gasteiger partial charge in [0.15, 0.2) is 11.5 Å². The smallest absolute Gasteiger partial charge is 0.243 e. The van der Waals surface area contributed by atoms with Crippen molar-refractivity contribution in [1.29, 1.82) is 0 Å². The van der Waals surface area contributed by atoms with Crippen LogP contribution in [0.3, 0.4) is 0 Å². The fourth-order valence-electron chi connectivity index (χ4n) is 3.23. The van der Waals surface area contributed by atoms with Gasteiger partial charge in [0.05, 0.1) is 19.1 Å². The molecule has 6 nitrogen and oxygen atoms in total. The molecule has 1 heterocycles. The molecule has 1 aliphatic heterocycles. The zero-order valence-corrected chi connectivity index (χ0v) is 15.0. The van der Waals surface area contributed by atoms with Crippen LogP contribution >= 0.6 is 0 Å². The van der Waals surface area contributed by atoms with E-state index in [0.29, 0.717) is 30.2 Å². The first kappa shape index (κ1) is 18.0. The van der Waals surface area contributed by atoms with E-state index in [1.165, 1.54) is 20.3 Å². The second kappa shape index (κ2) is 7.07. The van der Waals surface area contributed by atoms with E-state index >= 15 is 0 Å². The Morgan fingerprint density at radius 1 is 1.26 bits per heavy atom. The molecule has 2 atom stereocenters. The number of aryl methyl sites for hydroxylation is 1. The van der Waals surface area contributed by atoms with Gasteiger partial charge in [-0.05, 0) is 37.3 Å². The molecule has 2 unspecified atom stereocenters. The van der Waals surface area contributed by atoms with Gasteiger partial charge in [-0.25, -0.2) is 8.42 Å². The number of sulfonamides is 1. The standard InChI is InChI=1S/C16H26N2O4S/c1-11-6-5-7-18(13(11)10-17)23(19,20)16-9-15(22-4)14(21-3)8-12(16)2/h8-9,11,13H,5-7,10,17H2,1-4H3. The quantitative estimate of drug-likeness (QED) is 0.882. The van der Waals surface area contributed by atoms with E-state index in [1.54, 1.807) is 17.3 Å². The van der Waals surface area contributed by atoms with Crippen LogP contribution in [0, 0.1) is 12.8 Å². The number of benzene rings is 1. The van der Waals surface area contributed by atoms with Gasteiger partial charge in [-0.2, -0.15) is 4.31 Å². The van der Waals surface area contributed by atoms with Gasteiger partial charge in [0.1, 0.15) is 0 Å². The third kappa shape index (κ3) is 3.32. The van der Waals surface area contributed by atoms with E-state index in [4.69, 9.17) is 15.2 Å². The van der Waals surface area contributed by atoms with Crippen molar-refractivity contribution in [2.45, 2.75) is 37.6 Å². The average molecular weight is 342 g/mol. The lowest BCUT2D eigenvalue weighted by Gasteiger charge is -2.38. The van der Waals surface area contributed by atoms with Crippen molar-refractivity contribution in [2.75, 3.05) is 27.3 Å². The molecule has 0 bridgehead atoms. The molecule has 0 aromatic heterocycles. The summed E-state index contributed by atoms with van der Waals surface area (Å²) in [6.45, 7) is 4.65. The average Bonchev–Trinajstić information content (AvgIpc) is 2.53. The highest BCUT2D eigenvalue weighted by atomic mass is 32.2. The first-order valence-electron chi connectivity index (χ1n) is 7.81. The number of nitrogens with two attached hydrogens (primary N) is 1. The minimum atomic E-state index is -3.63. The minimum absolute atomic E-state index is 0.166. The largest absolute Gasteiger partial charge is 0.493 e. The predicted octanol–water partition coefficient (Wildman–Crippen LogP) is 1.76. The maximum atomic E-state index is 13.2. The molecule has 0 radical (unpaired) electrons. The zero-order chi connectivity index (χ0) is 17.2. The van der Waals surface area contributed by atoms with Crippen molar-refractivity contribution in [3.05, 3.63) is 17.7 Å². The van der Waals surface area contributed by atoms with Crippen LogP contribution in [0.15, 0.2) is 17.0 Å². The molecule has 2 N–H and O–H groups in total. The lowest BCUT2D eigenvalue weighted by atomic mass is 9.93. The fraction of sp³-hybridized carbons (Fsp3) is 0.625. The van der Waals surface area contributed by atoms with E-state index in [0.717, 1.165) is 12.8 Å². The number of hydrogen-bond acceptors (Lipinski definition) is 5. The molecule has 23 heavy (non-hydrogen) atoms. The van der Waals surface area contributed by atoms with Crippen LogP contribution in [-0.4, -0.2) is 46.1 Å². The van der Waals surface area contributed by atoms with Crippen LogP contribution in [0.25, 0.3) is 0 Å². The molecule has 0 aliphatic carbocycles. The Bertz CT molecular complexity index is 660. The van der Waals surface area contributed by atoms with Crippen LogP contribution in [0.4, 0.5) is 0 Å². The summed E-state index contributed by atoms with van der Waals surface area (Å²) in [5.41, 5.74) is 6.48. The van der Waals surface area contributed by atoms with Crippen molar-refractivity contribution in [3.8, 4) is 11.5 Å². The number of ether oxygens (including phenoxy) is 2. The summed E-state index contributed by atoms with van der Waals surface area (Å²) in [4.78, 5) is 0.252. The molecule has 1 aromatic carbocycles. The van der Waals surface area contributed by atoms with Gasteiger partial charge in [-0.15, -0.1) is 0 Å². The minimum Gasteiger partial charge on any atom is -0.493 e. The number of piperidine rings is 1. The molecular formula is C16H26N2O4S. The maximum Gasteiger partial charge on any atom is 0.243 e. The van der Waals surface area contributed by atoms with E-state index in [-0.39, 0.29) is 16.9 Å². The molecule has 130 valence electrons. The molecule has 7 heteroatoms. The summed E-state index contributed by atoms with van der Waals surface area (Å²) in [5.74, 6) is 1.18. The van der Waals surface area contributed by atoms with E-state index in [1.807, 2.05) is 0 Å². The molecule has 0 saturated carbocycles. The summed E-state index contributed by atoms with van der Waals surface area (Å²) < 4.78 is 38.4. The molecule has 2 rings (SSSR count). The van der Waals surface area contributed by atoms with Crippen LogP contribution in [0.1, 0.15) is 25.3 Å². The van der Waals surface area contributed by atoms with Crippen LogP contribution < -0.4 is 15.2 Å².